The lowest BCUT2D eigenvalue weighted by Gasteiger charge is -2.19. The molecule has 332 valence electrons. The number of carboxylic acids is 1. The largest absolute Gasteiger partial charge is 0.478 e. The second-order valence-electron chi connectivity index (χ2n) is 16.2. The minimum absolute atomic E-state index is 0.136. The third kappa shape index (κ3) is 13.5. The maximum atomic E-state index is 13.9. The first-order valence-electron chi connectivity index (χ1n) is 23.1. The van der Waals surface area contributed by atoms with Gasteiger partial charge in [-0.3, -0.25) is 0 Å². The highest BCUT2D eigenvalue weighted by Gasteiger charge is 2.20. The molecule has 0 heterocycles. The van der Waals surface area contributed by atoms with Crippen LogP contribution in [0.2, 0.25) is 0 Å². The van der Waals surface area contributed by atoms with Gasteiger partial charge in [0, 0.05) is 0 Å². The van der Waals surface area contributed by atoms with Crippen LogP contribution in [-0.2, 0) is 4.79 Å². The molecule has 0 saturated heterocycles. The molecule has 0 saturated carbocycles. The number of benzene rings is 8. The standard InChI is InChI=1S/C67H52O2/c68-67(69)66(50-42-58-34-20-7-21-35-58)65(49-41-57-32-18-6-19-33-57)63(48-40-56-30-16-5-17-31-56)62(47-39-55-28-14-4-15-29-55)64-51-44-59(43-36-52-22-8-1-9-23-52)60(45-37-53-24-10-2-11-25-53)61(64)46-38-54-26-12-3-13-27-54/h1-51H,(H,68,69). The molecular weight excluding hydrogens is 837 g/mol. The van der Waals surface area contributed by atoms with Crippen molar-refractivity contribution in [3.8, 4) is 0 Å². The fourth-order valence-electron chi connectivity index (χ4n) is 7.86. The Hall–Kier alpha value is -9.11. The van der Waals surface area contributed by atoms with E-state index in [9.17, 15) is 9.90 Å². The van der Waals surface area contributed by atoms with Gasteiger partial charge >= 0.3 is 5.97 Å². The summed E-state index contributed by atoms with van der Waals surface area (Å²) in [5.41, 5.74) is 13.1. The summed E-state index contributed by atoms with van der Waals surface area (Å²) in [5.74, 6) is -1.05. The van der Waals surface area contributed by atoms with Gasteiger partial charge in [-0.25, -0.2) is 4.79 Å². The molecule has 0 aliphatic heterocycles. The van der Waals surface area contributed by atoms with Crippen LogP contribution in [0, 0.1) is 0 Å². The first-order valence-corrected chi connectivity index (χ1v) is 23.1. The summed E-state index contributed by atoms with van der Waals surface area (Å²) in [7, 11) is 0. The molecule has 0 atom stereocenters. The quantitative estimate of drug-likeness (QED) is 0.0562. The molecule has 0 unspecified atom stereocenters. The highest BCUT2D eigenvalue weighted by atomic mass is 16.4. The van der Waals surface area contributed by atoms with E-state index >= 15 is 0 Å². The molecule has 0 radical (unpaired) electrons. The molecule has 69 heavy (non-hydrogen) atoms. The average Bonchev–Trinajstić information content (AvgIpc) is 3.41. The topological polar surface area (TPSA) is 37.3 Å². The van der Waals surface area contributed by atoms with Crippen molar-refractivity contribution >= 4 is 72.3 Å². The Bertz CT molecular complexity index is 3210. The summed E-state index contributed by atoms with van der Waals surface area (Å²) in [5, 5.41) is 11.4. The molecule has 0 aliphatic carbocycles. The highest BCUT2D eigenvalue weighted by Crippen LogP contribution is 2.37. The Balaban J connectivity index is 1.51. The second-order valence-corrected chi connectivity index (χ2v) is 16.2. The van der Waals surface area contributed by atoms with Gasteiger partial charge in [0.25, 0.3) is 0 Å². The zero-order chi connectivity index (χ0) is 47.3. The van der Waals surface area contributed by atoms with Crippen molar-refractivity contribution in [1.82, 2.24) is 0 Å². The normalized spacial score (nSPS) is 12.8. The van der Waals surface area contributed by atoms with Crippen LogP contribution in [0.25, 0.3) is 66.3 Å². The predicted molar refractivity (Wildman–Crippen MR) is 296 cm³/mol. The van der Waals surface area contributed by atoms with E-state index in [4.69, 9.17) is 0 Å². The molecule has 0 bridgehead atoms. The van der Waals surface area contributed by atoms with Crippen molar-refractivity contribution in [2.24, 2.45) is 0 Å². The average molecular weight is 889 g/mol. The van der Waals surface area contributed by atoms with Gasteiger partial charge in [-0.15, -0.1) is 0 Å². The lowest BCUT2D eigenvalue weighted by molar-refractivity contribution is -0.132. The molecule has 0 fully saturated rings. The summed E-state index contributed by atoms with van der Waals surface area (Å²) in [4.78, 5) is 13.9. The summed E-state index contributed by atoms with van der Waals surface area (Å²) in [6.07, 6.45) is 28.9. The van der Waals surface area contributed by atoms with Crippen molar-refractivity contribution in [1.29, 1.82) is 0 Å². The van der Waals surface area contributed by atoms with Crippen LogP contribution in [0.3, 0.4) is 0 Å². The molecule has 8 aromatic rings. The van der Waals surface area contributed by atoms with Crippen LogP contribution in [0.1, 0.15) is 61.2 Å². The molecule has 1 N–H and O–H groups in total. The van der Waals surface area contributed by atoms with Crippen molar-refractivity contribution in [3.05, 3.63) is 327 Å². The van der Waals surface area contributed by atoms with E-state index in [1.165, 1.54) is 0 Å². The van der Waals surface area contributed by atoms with Gasteiger partial charge in [0.15, 0.2) is 0 Å². The molecule has 2 nitrogen and oxygen atoms in total. The first kappa shape index (κ1) is 46.4. The lowest BCUT2D eigenvalue weighted by atomic mass is 9.84. The minimum atomic E-state index is -1.05. The lowest BCUT2D eigenvalue weighted by Crippen LogP contribution is -2.05. The highest BCUT2D eigenvalue weighted by molar-refractivity contribution is 6.00. The van der Waals surface area contributed by atoms with Crippen molar-refractivity contribution < 1.29 is 9.90 Å². The summed E-state index contributed by atoms with van der Waals surface area (Å²) < 4.78 is 0. The zero-order valence-electron chi connectivity index (χ0n) is 38.3. The van der Waals surface area contributed by atoms with Gasteiger partial charge in [-0.05, 0) is 84.0 Å². The number of carbonyl (C=O) groups is 1. The van der Waals surface area contributed by atoms with E-state index in [1.54, 1.807) is 6.08 Å². The minimum Gasteiger partial charge on any atom is -0.478 e. The number of aliphatic carboxylic acids is 1. The fourth-order valence-corrected chi connectivity index (χ4v) is 7.86. The van der Waals surface area contributed by atoms with E-state index in [0.29, 0.717) is 11.1 Å². The third-order valence-corrected chi connectivity index (χ3v) is 11.4. The third-order valence-electron chi connectivity index (χ3n) is 11.4. The maximum absolute atomic E-state index is 13.9. The van der Waals surface area contributed by atoms with Crippen LogP contribution < -0.4 is 0 Å². The SMILES string of the molecule is O=C(O)C(C=Cc1ccccc1)=C(C=Cc1ccccc1)C(C=Cc1ccccc1)=C(C=Cc1ccccc1)c1ccc(C=Cc2ccccc2)c(C=Cc2ccccc2)c1C=Cc1ccccc1. The molecular formula is C67H52O2. The van der Waals surface area contributed by atoms with Crippen molar-refractivity contribution in [2.75, 3.05) is 0 Å². The van der Waals surface area contributed by atoms with Crippen LogP contribution in [-0.4, -0.2) is 11.1 Å². The summed E-state index contributed by atoms with van der Waals surface area (Å²) >= 11 is 0. The van der Waals surface area contributed by atoms with E-state index in [0.717, 1.165) is 66.8 Å². The molecule has 8 aromatic carbocycles. The van der Waals surface area contributed by atoms with Gasteiger partial charge < -0.3 is 5.11 Å². The number of allylic oxidation sites excluding steroid dienone is 6. The smallest absolute Gasteiger partial charge is 0.336 e. The van der Waals surface area contributed by atoms with Gasteiger partial charge in [-0.2, -0.15) is 0 Å². The summed E-state index contributed by atoms with van der Waals surface area (Å²) in [6.45, 7) is 0. The molecule has 0 spiro atoms. The molecule has 0 aromatic heterocycles. The summed E-state index contributed by atoms with van der Waals surface area (Å²) in [6, 6.07) is 75.4. The van der Waals surface area contributed by atoms with Crippen molar-refractivity contribution in [3.63, 3.8) is 0 Å². The number of rotatable bonds is 17. The molecule has 8 rings (SSSR count). The van der Waals surface area contributed by atoms with Gasteiger partial charge in [0.1, 0.15) is 0 Å². The van der Waals surface area contributed by atoms with E-state index in [1.807, 2.05) is 170 Å². The van der Waals surface area contributed by atoms with Crippen LogP contribution in [0.5, 0.6) is 0 Å². The van der Waals surface area contributed by atoms with Crippen LogP contribution >= 0.6 is 0 Å². The Morgan fingerprint density at radius 1 is 0.275 bits per heavy atom. The second kappa shape index (κ2) is 24.4. The molecule has 0 aliphatic rings. The van der Waals surface area contributed by atoms with Crippen LogP contribution in [0.15, 0.2) is 265 Å². The van der Waals surface area contributed by atoms with Gasteiger partial charge in [-0.1, -0.05) is 303 Å². The van der Waals surface area contributed by atoms with Gasteiger partial charge in [0.05, 0.1) is 5.57 Å². The maximum Gasteiger partial charge on any atom is 0.336 e. The zero-order valence-corrected chi connectivity index (χ0v) is 38.3. The number of carboxylic acid groups (broad SMARTS) is 1. The first-order chi connectivity index (χ1) is 34.1. The monoisotopic (exact) mass is 888 g/mol. The van der Waals surface area contributed by atoms with Crippen LogP contribution in [0.4, 0.5) is 0 Å². The van der Waals surface area contributed by atoms with Crippen molar-refractivity contribution in [2.45, 2.75) is 0 Å². The van der Waals surface area contributed by atoms with Gasteiger partial charge in [0.2, 0.25) is 0 Å². The Morgan fingerprint density at radius 2 is 0.580 bits per heavy atom. The fraction of sp³-hybridized carbons (Fsp3) is 0. The Labute approximate surface area is 407 Å². The Kier molecular flexibility index (Phi) is 16.4. The van der Waals surface area contributed by atoms with E-state index in [-0.39, 0.29) is 5.57 Å². The predicted octanol–water partition coefficient (Wildman–Crippen LogP) is 17.2. The van der Waals surface area contributed by atoms with E-state index in [2.05, 4.69) is 134 Å². The molecule has 0 amide bonds. The number of hydrogen-bond donors (Lipinski definition) is 1. The molecule has 2 heteroatoms. The number of hydrogen-bond acceptors (Lipinski definition) is 1. The Morgan fingerprint density at radius 3 is 0.957 bits per heavy atom. The van der Waals surface area contributed by atoms with E-state index < -0.39 is 5.97 Å².